The van der Waals surface area contributed by atoms with E-state index in [4.69, 9.17) is 0 Å². The largest absolute Gasteiger partial charge is 0.302 e. The average molecular weight is 300 g/mol. The number of aromatic nitrogens is 4. The Kier molecular flexibility index (Phi) is 3.90. The third-order valence-corrected chi connectivity index (χ3v) is 4.90. The summed E-state index contributed by atoms with van der Waals surface area (Å²) in [6.45, 7) is 0. The molecule has 0 aliphatic heterocycles. The molecule has 1 aliphatic rings. The zero-order valence-corrected chi connectivity index (χ0v) is 12.5. The Morgan fingerprint density at radius 1 is 1.43 bits per heavy atom. The van der Waals surface area contributed by atoms with Gasteiger partial charge in [0.05, 0.1) is 11.8 Å². The topological polar surface area (TPSA) is 79.4 Å². The van der Waals surface area contributed by atoms with Gasteiger partial charge in [-0.15, -0.1) is 5.10 Å². The van der Waals surface area contributed by atoms with Gasteiger partial charge in [0.1, 0.15) is 5.54 Å². The van der Waals surface area contributed by atoms with Crippen LogP contribution >= 0.6 is 11.8 Å². The van der Waals surface area contributed by atoms with Crippen LogP contribution in [0.15, 0.2) is 35.5 Å². The van der Waals surface area contributed by atoms with Crippen LogP contribution in [-0.4, -0.2) is 38.5 Å². The second-order valence-electron chi connectivity index (χ2n) is 5.10. The van der Waals surface area contributed by atoms with Gasteiger partial charge in [-0.05, 0) is 48.4 Å². The quantitative estimate of drug-likeness (QED) is 0.817. The van der Waals surface area contributed by atoms with Crippen molar-refractivity contribution >= 4 is 11.8 Å². The first kappa shape index (κ1) is 14.0. The first-order valence-corrected chi connectivity index (χ1v) is 7.84. The normalized spacial score (nSPS) is 17.1. The van der Waals surface area contributed by atoms with Crippen LogP contribution in [0.4, 0.5) is 0 Å². The first-order chi connectivity index (χ1) is 10.3. The number of rotatable bonds is 6. The molecule has 1 saturated carbocycles. The lowest BCUT2D eigenvalue weighted by Gasteiger charge is -2.25. The molecule has 0 saturated heterocycles. The second-order valence-corrected chi connectivity index (χ2v) is 6.05. The molecule has 1 heterocycles. The average Bonchev–Trinajstić information content (AvgIpc) is 3.28. The van der Waals surface area contributed by atoms with Crippen LogP contribution in [-0.2, 0) is 0 Å². The van der Waals surface area contributed by atoms with Gasteiger partial charge in [-0.1, -0.05) is 30.0 Å². The van der Waals surface area contributed by atoms with Crippen molar-refractivity contribution in [1.82, 2.24) is 25.5 Å². The van der Waals surface area contributed by atoms with E-state index in [0.717, 1.165) is 18.5 Å². The highest BCUT2D eigenvalue weighted by Gasteiger charge is 2.45. The summed E-state index contributed by atoms with van der Waals surface area (Å²) in [6, 6.07) is 12.2. The van der Waals surface area contributed by atoms with Gasteiger partial charge in [0.25, 0.3) is 0 Å². The number of thioether (sulfide) groups is 1. The first-order valence-electron chi connectivity index (χ1n) is 6.86. The van der Waals surface area contributed by atoms with Crippen molar-refractivity contribution in [3.8, 4) is 11.8 Å². The van der Waals surface area contributed by atoms with Gasteiger partial charge in [-0.2, -0.15) is 9.94 Å². The van der Waals surface area contributed by atoms with E-state index in [-0.39, 0.29) is 0 Å². The zero-order valence-electron chi connectivity index (χ0n) is 11.7. The molecule has 6 nitrogen and oxygen atoms in total. The van der Waals surface area contributed by atoms with Crippen molar-refractivity contribution in [1.29, 1.82) is 5.26 Å². The van der Waals surface area contributed by atoms with Crippen molar-refractivity contribution in [3.63, 3.8) is 0 Å². The molecule has 1 atom stereocenters. The van der Waals surface area contributed by atoms with Gasteiger partial charge in [0, 0.05) is 5.75 Å². The van der Waals surface area contributed by atoms with Gasteiger partial charge in [0.15, 0.2) is 0 Å². The van der Waals surface area contributed by atoms with Crippen LogP contribution < -0.4 is 5.32 Å². The molecule has 0 radical (unpaired) electrons. The molecule has 0 bridgehead atoms. The van der Waals surface area contributed by atoms with Crippen molar-refractivity contribution in [3.05, 3.63) is 30.3 Å². The monoisotopic (exact) mass is 300 g/mol. The van der Waals surface area contributed by atoms with Crippen molar-refractivity contribution in [2.75, 3.05) is 12.8 Å². The molecule has 0 amide bonds. The number of hydrogen-bond donors (Lipinski definition) is 1. The minimum atomic E-state index is -0.488. The zero-order chi connectivity index (χ0) is 14.7. The predicted molar refractivity (Wildman–Crippen MR) is 80.0 cm³/mol. The van der Waals surface area contributed by atoms with E-state index in [1.165, 1.54) is 11.8 Å². The third-order valence-electron chi connectivity index (χ3n) is 3.79. The minimum Gasteiger partial charge on any atom is -0.302 e. The summed E-state index contributed by atoms with van der Waals surface area (Å²) in [5, 5.41) is 25.3. The molecule has 1 aromatic heterocycles. The Hall–Kier alpha value is -1.91. The minimum absolute atomic E-state index is 0.432. The number of benzene rings is 1. The standard InChI is InChI=1S/C14H16N6S/c1-16-14(9-15,11-7-8-11)10-21-13-17-18-19-20(13)12-5-3-2-4-6-12/h2-6,11,16H,7-8,10H2,1H3. The molecule has 1 aromatic carbocycles. The van der Waals surface area contributed by atoms with E-state index < -0.39 is 5.54 Å². The van der Waals surface area contributed by atoms with Crippen LogP contribution in [0.3, 0.4) is 0 Å². The lowest BCUT2D eigenvalue weighted by Crippen LogP contribution is -2.46. The van der Waals surface area contributed by atoms with Crippen LogP contribution in [0.25, 0.3) is 5.69 Å². The smallest absolute Gasteiger partial charge is 0.214 e. The highest BCUT2D eigenvalue weighted by Crippen LogP contribution is 2.41. The Bertz CT molecular complexity index is 645. The molecule has 1 unspecified atom stereocenters. The fourth-order valence-corrected chi connectivity index (χ4v) is 3.49. The van der Waals surface area contributed by atoms with Gasteiger partial charge in [-0.25, -0.2) is 0 Å². The summed E-state index contributed by atoms with van der Waals surface area (Å²) in [5.74, 6) is 1.07. The SMILES string of the molecule is CNC(C#N)(CSc1nnnn1-c1ccccc1)C1CC1. The van der Waals surface area contributed by atoms with Crippen LogP contribution in [0.5, 0.6) is 0 Å². The molecule has 7 heteroatoms. The molecule has 1 aliphatic carbocycles. The Morgan fingerprint density at radius 2 is 2.19 bits per heavy atom. The number of hydrogen-bond acceptors (Lipinski definition) is 6. The number of nitrogens with one attached hydrogen (secondary N) is 1. The number of nitriles is 1. The highest BCUT2D eigenvalue weighted by atomic mass is 32.2. The predicted octanol–water partition coefficient (Wildman–Crippen LogP) is 1.65. The molecule has 108 valence electrons. The molecule has 2 aromatic rings. The molecule has 1 N–H and O–H groups in total. The summed E-state index contributed by atoms with van der Waals surface area (Å²) in [5.41, 5.74) is 0.432. The van der Waals surface area contributed by atoms with E-state index in [1.807, 2.05) is 37.4 Å². The van der Waals surface area contributed by atoms with E-state index in [0.29, 0.717) is 16.8 Å². The second kappa shape index (κ2) is 5.84. The van der Waals surface area contributed by atoms with Crippen LogP contribution in [0.1, 0.15) is 12.8 Å². The van der Waals surface area contributed by atoms with Crippen molar-refractivity contribution in [2.45, 2.75) is 23.5 Å². The number of nitrogens with zero attached hydrogens (tertiary/aromatic N) is 5. The summed E-state index contributed by atoms with van der Waals surface area (Å²) in [7, 11) is 1.85. The van der Waals surface area contributed by atoms with E-state index in [9.17, 15) is 5.26 Å². The Morgan fingerprint density at radius 3 is 2.81 bits per heavy atom. The maximum atomic E-state index is 9.52. The third kappa shape index (κ3) is 2.77. The maximum absolute atomic E-state index is 9.52. The van der Waals surface area contributed by atoms with Crippen LogP contribution in [0, 0.1) is 17.2 Å². The number of para-hydroxylation sites is 1. The highest BCUT2D eigenvalue weighted by molar-refractivity contribution is 7.99. The molecular weight excluding hydrogens is 284 g/mol. The van der Waals surface area contributed by atoms with E-state index in [1.54, 1.807) is 4.68 Å². The van der Waals surface area contributed by atoms with Gasteiger partial charge >= 0.3 is 0 Å². The summed E-state index contributed by atoms with van der Waals surface area (Å²) in [4.78, 5) is 0. The molecule has 3 rings (SSSR count). The molecular formula is C14H16N6S. The Balaban J connectivity index is 1.78. The van der Waals surface area contributed by atoms with Crippen LogP contribution in [0.2, 0.25) is 0 Å². The van der Waals surface area contributed by atoms with Gasteiger partial charge in [-0.3, -0.25) is 0 Å². The van der Waals surface area contributed by atoms with Crippen molar-refractivity contribution in [2.24, 2.45) is 5.92 Å². The summed E-state index contributed by atoms with van der Waals surface area (Å²) >= 11 is 1.51. The summed E-state index contributed by atoms with van der Waals surface area (Å²) in [6.07, 6.45) is 2.22. The lowest BCUT2D eigenvalue weighted by molar-refractivity contribution is 0.441. The maximum Gasteiger partial charge on any atom is 0.214 e. The molecule has 0 spiro atoms. The van der Waals surface area contributed by atoms with Crippen molar-refractivity contribution < 1.29 is 0 Å². The van der Waals surface area contributed by atoms with E-state index in [2.05, 4.69) is 26.9 Å². The fourth-order valence-electron chi connectivity index (χ4n) is 2.33. The van der Waals surface area contributed by atoms with E-state index >= 15 is 0 Å². The Labute approximate surface area is 127 Å². The van der Waals surface area contributed by atoms with Gasteiger partial charge in [0.2, 0.25) is 5.16 Å². The summed E-state index contributed by atoms with van der Waals surface area (Å²) < 4.78 is 1.70. The van der Waals surface area contributed by atoms with Gasteiger partial charge < -0.3 is 5.32 Å². The number of tetrazole rings is 1. The lowest BCUT2D eigenvalue weighted by atomic mass is 9.98. The molecule has 1 fully saturated rings. The molecule has 21 heavy (non-hydrogen) atoms. The fraction of sp³-hybridized carbons (Fsp3) is 0.429.